The molecule has 4 nitrogen and oxygen atoms in total. The lowest BCUT2D eigenvalue weighted by Crippen LogP contribution is -2.01. The number of hydrogen-bond acceptors (Lipinski definition) is 4. The molecule has 0 fully saturated rings. The third kappa shape index (κ3) is 1.80. The van der Waals surface area contributed by atoms with E-state index in [1.54, 1.807) is 37.4 Å². The standard InChI is InChI=1S/C15H11ClO4/c1-18-8-6-10(16)14-12(7-8)20-15(17)9-4-3-5-11(19-2)13(9)14/h3-7H,1-2H3. The lowest BCUT2D eigenvalue weighted by Gasteiger charge is -2.10. The Bertz CT molecular complexity index is 867. The topological polar surface area (TPSA) is 48.7 Å². The molecule has 2 aromatic carbocycles. The minimum absolute atomic E-state index is 0.372. The molecule has 0 N–H and O–H groups in total. The van der Waals surface area contributed by atoms with Crippen molar-refractivity contribution in [1.29, 1.82) is 0 Å². The van der Waals surface area contributed by atoms with Gasteiger partial charge in [-0.3, -0.25) is 0 Å². The summed E-state index contributed by atoms with van der Waals surface area (Å²) in [5.41, 5.74) is -0.0629. The van der Waals surface area contributed by atoms with E-state index in [-0.39, 0.29) is 0 Å². The van der Waals surface area contributed by atoms with E-state index >= 15 is 0 Å². The Morgan fingerprint density at radius 1 is 1.10 bits per heavy atom. The monoisotopic (exact) mass is 290 g/mol. The lowest BCUT2D eigenvalue weighted by molar-refractivity contribution is 0.414. The third-order valence-corrected chi connectivity index (χ3v) is 3.48. The Hall–Kier alpha value is -2.20. The van der Waals surface area contributed by atoms with E-state index in [1.165, 1.54) is 7.11 Å². The molecule has 20 heavy (non-hydrogen) atoms. The lowest BCUT2D eigenvalue weighted by atomic mass is 10.1. The zero-order valence-electron chi connectivity index (χ0n) is 10.9. The summed E-state index contributed by atoms with van der Waals surface area (Å²) < 4.78 is 15.8. The Kier molecular flexibility index (Phi) is 3.03. The fraction of sp³-hybridized carbons (Fsp3) is 0.133. The summed E-state index contributed by atoms with van der Waals surface area (Å²) in [6.45, 7) is 0. The first-order chi connectivity index (χ1) is 9.65. The molecule has 0 saturated carbocycles. The van der Waals surface area contributed by atoms with Gasteiger partial charge in [0.15, 0.2) is 0 Å². The summed E-state index contributed by atoms with van der Waals surface area (Å²) in [6.07, 6.45) is 0. The van der Waals surface area contributed by atoms with Gasteiger partial charge >= 0.3 is 5.63 Å². The van der Waals surface area contributed by atoms with E-state index in [1.807, 2.05) is 0 Å². The van der Waals surface area contributed by atoms with Crippen LogP contribution in [0, 0.1) is 0 Å². The maximum Gasteiger partial charge on any atom is 0.344 e. The second-order valence-electron chi connectivity index (χ2n) is 4.25. The summed E-state index contributed by atoms with van der Waals surface area (Å²) >= 11 is 6.30. The van der Waals surface area contributed by atoms with Crippen LogP contribution in [0.3, 0.4) is 0 Å². The van der Waals surface area contributed by atoms with Gasteiger partial charge in [0.05, 0.1) is 24.6 Å². The fourth-order valence-corrected chi connectivity index (χ4v) is 2.58. The average Bonchev–Trinajstić information content (AvgIpc) is 2.46. The highest BCUT2D eigenvalue weighted by molar-refractivity contribution is 6.38. The molecular weight excluding hydrogens is 280 g/mol. The fourth-order valence-electron chi connectivity index (χ4n) is 2.28. The Balaban J connectivity index is 2.61. The van der Waals surface area contributed by atoms with Gasteiger partial charge in [-0.1, -0.05) is 17.7 Å². The maximum atomic E-state index is 12.1. The van der Waals surface area contributed by atoms with Crippen molar-refractivity contribution in [3.63, 3.8) is 0 Å². The van der Waals surface area contributed by atoms with Crippen molar-refractivity contribution in [2.45, 2.75) is 0 Å². The second kappa shape index (κ2) is 4.72. The van der Waals surface area contributed by atoms with E-state index in [9.17, 15) is 4.79 Å². The van der Waals surface area contributed by atoms with Crippen LogP contribution in [-0.2, 0) is 0 Å². The van der Waals surface area contributed by atoms with Crippen molar-refractivity contribution in [3.8, 4) is 11.5 Å². The van der Waals surface area contributed by atoms with Gasteiger partial charge in [-0.25, -0.2) is 4.79 Å². The van der Waals surface area contributed by atoms with Gasteiger partial charge in [-0.15, -0.1) is 0 Å². The molecule has 3 aromatic rings. The van der Waals surface area contributed by atoms with Crippen molar-refractivity contribution in [3.05, 3.63) is 45.8 Å². The number of ether oxygens (including phenoxy) is 2. The molecule has 0 aliphatic carbocycles. The molecular formula is C15H11ClO4. The summed E-state index contributed by atoms with van der Waals surface area (Å²) in [5.74, 6) is 1.10. The van der Waals surface area contributed by atoms with Crippen molar-refractivity contribution < 1.29 is 13.9 Å². The number of methoxy groups -OCH3 is 2. The van der Waals surface area contributed by atoms with Crippen LogP contribution in [0.5, 0.6) is 11.5 Å². The van der Waals surface area contributed by atoms with E-state index in [0.29, 0.717) is 38.3 Å². The first-order valence-electron chi connectivity index (χ1n) is 5.92. The first kappa shape index (κ1) is 12.8. The van der Waals surface area contributed by atoms with Crippen LogP contribution in [0.25, 0.3) is 21.7 Å². The van der Waals surface area contributed by atoms with Gasteiger partial charge in [-0.05, 0) is 18.2 Å². The number of hydrogen-bond donors (Lipinski definition) is 0. The highest BCUT2D eigenvalue weighted by atomic mass is 35.5. The van der Waals surface area contributed by atoms with Crippen LogP contribution in [0.15, 0.2) is 39.5 Å². The van der Waals surface area contributed by atoms with Crippen molar-refractivity contribution in [2.75, 3.05) is 14.2 Å². The molecule has 0 spiro atoms. The summed E-state index contributed by atoms with van der Waals surface area (Å²) in [6, 6.07) is 8.51. The SMILES string of the molecule is COc1cc(Cl)c2c(c1)oc(=O)c1cccc(OC)c12. The predicted molar refractivity (Wildman–Crippen MR) is 78.1 cm³/mol. The highest BCUT2D eigenvalue weighted by Crippen LogP contribution is 2.37. The Morgan fingerprint density at radius 2 is 1.90 bits per heavy atom. The molecule has 1 aromatic heterocycles. The number of fused-ring (bicyclic) bond motifs is 3. The number of rotatable bonds is 2. The molecule has 0 aliphatic heterocycles. The van der Waals surface area contributed by atoms with Crippen molar-refractivity contribution in [1.82, 2.24) is 0 Å². The smallest absolute Gasteiger partial charge is 0.344 e. The van der Waals surface area contributed by atoms with E-state index in [2.05, 4.69) is 0 Å². The molecule has 0 atom stereocenters. The van der Waals surface area contributed by atoms with E-state index in [4.69, 9.17) is 25.5 Å². The van der Waals surface area contributed by atoms with Crippen molar-refractivity contribution >= 4 is 33.3 Å². The first-order valence-corrected chi connectivity index (χ1v) is 6.30. The molecule has 102 valence electrons. The van der Waals surface area contributed by atoms with Crippen LogP contribution in [-0.4, -0.2) is 14.2 Å². The van der Waals surface area contributed by atoms with Gasteiger partial charge < -0.3 is 13.9 Å². The molecule has 3 rings (SSSR count). The number of benzene rings is 2. The van der Waals surface area contributed by atoms with Crippen molar-refractivity contribution in [2.24, 2.45) is 0 Å². The Labute approximate surface area is 119 Å². The normalized spacial score (nSPS) is 10.9. The predicted octanol–water partition coefficient (Wildman–Crippen LogP) is 3.62. The maximum absolute atomic E-state index is 12.1. The van der Waals surface area contributed by atoms with Gasteiger partial charge in [0.2, 0.25) is 0 Å². The summed E-state index contributed by atoms with van der Waals surface area (Å²) in [5, 5.41) is 2.16. The third-order valence-electron chi connectivity index (χ3n) is 3.18. The van der Waals surface area contributed by atoms with Gasteiger partial charge in [0.1, 0.15) is 17.1 Å². The van der Waals surface area contributed by atoms with E-state index in [0.717, 1.165) is 0 Å². The molecule has 1 heterocycles. The number of halogens is 1. The molecule has 0 radical (unpaired) electrons. The van der Waals surface area contributed by atoms with Crippen LogP contribution in [0.2, 0.25) is 5.02 Å². The summed E-state index contributed by atoms with van der Waals surface area (Å²) in [7, 11) is 3.07. The van der Waals surface area contributed by atoms with Gasteiger partial charge in [0, 0.05) is 16.8 Å². The van der Waals surface area contributed by atoms with Gasteiger partial charge in [0.25, 0.3) is 0 Å². The quantitative estimate of drug-likeness (QED) is 0.534. The largest absolute Gasteiger partial charge is 0.497 e. The highest BCUT2D eigenvalue weighted by Gasteiger charge is 2.15. The molecule has 5 heteroatoms. The molecule has 0 unspecified atom stereocenters. The van der Waals surface area contributed by atoms with Crippen LogP contribution >= 0.6 is 11.6 Å². The minimum atomic E-state index is -0.435. The van der Waals surface area contributed by atoms with Gasteiger partial charge in [-0.2, -0.15) is 0 Å². The second-order valence-corrected chi connectivity index (χ2v) is 4.66. The van der Waals surface area contributed by atoms with Crippen LogP contribution < -0.4 is 15.1 Å². The minimum Gasteiger partial charge on any atom is -0.497 e. The molecule has 0 bridgehead atoms. The zero-order chi connectivity index (χ0) is 14.3. The zero-order valence-corrected chi connectivity index (χ0v) is 11.7. The van der Waals surface area contributed by atoms with Crippen LogP contribution in [0.4, 0.5) is 0 Å². The van der Waals surface area contributed by atoms with E-state index < -0.39 is 5.63 Å². The molecule has 0 aliphatic rings. The molecule has 0 amide bonds. The average molecular weight is 291 g/mol. The summed E-state index contributed by atoms with van der Waals surface area (Å²) in [4.78, 5) is 12.1. The van der Waals surface area contributed by atoms with Crippen LogP contribution in [0.1, 0.15) is 0 Å². The Morgan fingerprint density at radius 3 is 2.60 bits per heavy atom. The molecule has 0 saturated heterocycles.